The van der Waals surface area contributed by atoms with Gasteiger partial charge in [-0.2, -0.15) is 0 Å². The summed E-state index contributed by atoms with van der Waals surface area (Å²) in [4.78, 5) is 20.6. The molecule has 0 unspecified atom stereocenters. The van der Waals surface area contributed by atoms with E-state index in [0.717, 1.165) is 6.07 Å². The van der Waals surface area contributed by atoms with Crippen LogP contribution in [0.2, 0.25) is 0 Å². The fraction of sp³-hybridized carbons (Fsp3) is 0.667. The maximum absolute atomic E-state index is 10.4. The van der Waals surface area contributed by atoms with Crippen LogP contribution in [0.3, 0.4) is 0 Å². The maximum Gasteiger partial charge on any atom is 0.335 e. The van der Waals surface area contributed by atoms with Crippen molar-refractivity contribution in [3.8, 4) is 0 Å². The molecule has 5 heteroatoms. The summed E-state index contributed by atoms with van der Waals surface area (Å²) in [7, 11) is -0.562. The topological polar surface area (TPSA) is 77.4 Å². The number of benzene rings is 1. The van der Waals surface area contributed by atoms with Crippen molar-refractivity contribution < 1.29 is 19.8 Å². The molecular formula is C24H41O4P. The summed E-state index contributed by atoms with van der Waals surface area (Å²) in [6.07, 6.45) is 17.9. The van der Waals surface area contributed by atoms with Crippen molar-refractivity contribution in [2.45, 2.75) is 79.1 Å². The van der Waals surface area contributed by atoms with E-state index in [0.29, 0.717) is 0 Å². The summed E-state index contributed by atoms with van der Waals surface area (Å²) in [6.45, 7) is 9.42. The first-order valence-electron chi connectivity index (χ1n) is 11.3. The SMILES string of the molecule is CCCC[P+](CCCC)(CCCC)CCCC.O=C([O-])c1cccc(C(=O)O)c1. The van der Waals surface area contributed by atoms with Crippen molar-refractivity contribution in [3.63, 3.8) is 0 Å². The first kappa shape index (κ1) is 27.6. The second-order valence-electron chi connectivity index (χ2n) is 7.82. The highest BCUT2D eigenvalue weighted by molar-refractivity contribution is 7.75. The smallest absolute Gasteiger partial charge is 0.335 e. The largest absolute Gasteiger partial charge is 0.545 e. The third kappa shape index (κ3) is 12.0. The van der Waals surface area contributed by atoms with Gasteiger partial charge in [0.05, 0.1) is 36.2 Å². The molecule has 0 saturated heterocycles. The van der Waals surface area contributed by atoms with Crippen LogP contribution in [0.5, 0.6) is 0 Å². The Balaban J connectivity index is 0.000000571. The van der Waals surface area contributed by atoms with E-state index in [4.69, 9.17) is 5.11 Å². The van der Waals surface area contributed by atoms with Gasteiger partial charge < -0.3 is 15.0 Å². The summed E-state index contributed by atoms with van der Waals surface area (Å²) in [5, 5.41) is 18.7. The van der Waals surface area contributed by atoms with Crippen LogP contribution in [0.25, 0.3) is 0 Å². The monoisotopic (exact) mass is 424 g/mol. The fourth-order valence-electron chi connectivity index (χ4n) is 3.42. The van der Waals surface area contributed by atoms with E-state index in [1.807, 2.05) is 0 Å². The van der Waals surface area contributed by atoms with Crippen LogP contribution < -0.4 is 5.11 Å². The second-order valence-corrected chi connectivity index (χ2v) is 12.3. The fourth-order valence-corrected chi connectivity index (χ4v) is 8.71. The normalized spacial score (nSPS) is 10.9. The van der Waals surface area contributed by atoms with Crippen molar-refractivity contribution in [1.82, 2.24) is 0 Å². The molecule has 0 bridgehead atoms. The molecule has 0 radical (unpaired) electrons. The van der Waals surface area contributed by atoms with Gasteiger partial charge in [-0.05, 0) is 43.4 Å². The van der Waals surface area contributed by atoms with Crippen LogP contribution in [0.1, 0.15) is 99.8 Å². The Labute approximate surface area is 178 Å². The summed E-state index contributed by atoms with van der Waals surface area (Å²) >= 11 is 0. The Morgan fingerprint density at radius 1 is 0.793 bits per heavy atom. The van der Waals surface area contributed by atoms with Crippen LogP contribution in [-0.4, -0.2) is 41.7 Å². The quantitative estimate of drug-likeness (QED) is 0.374. The lowest BCUT2D eigenvalue weighted by Crippen LogP contribution is -2.22. The lowest BCUT2D eigenvalue weighted by Gasteiger charge is -2.28. The minimum absolute atomic E-state index is 0.0586. The van der Waals surface area contributed by atoms with E-state index in [9.17, 15) is 14.7 Å². The van der Waals surface area contributed by atoms with Gasteiger partial charge in [0.25, 0.3) is 0 Å². The lowest BCUT2D eigenvalue weighted by atomic mass is 10.1. The molecule has 1 aromatic rings. The molecule has 0 heterocycles. The highest BCUT2D eigenvalue weighted by atomic mass is 31.2. The van der Waals surface area contributed by atoms with Crippen LogP contribution >= 0.6 is 7.26 Å². The molecule has 0 amide bonds. The number of carboxylic acids is 2. The second kappa shape index (κ2) is 16.4. The van der Waals surface area contributed by atoms with Crippen molar-refractivity contribution >= 4 is 19.2 Å². The zero-order chi connectivity index (χ0) is 22.1. The molecule has 0 aromatic heterocycles. The van der Waals surface area contributed by atoms with Crippen LogP contribution in [0.15, 0.2) is 24.3 Å². The van der Waals surface area contributed by atoms with Gasteiger partial charge in [0.1, 0.15) is 0 Å². The van der Waals surface area contributed by atoms with Crippen molar-refractivity contribution in [3.05, 3.63) is 35.4 Å². The van der Waals surface area contributed by atoms with Gasteiger partial charge >= 0.3 is 5.97 Å². The number of carbonyl (C=O) groups is 2. The van der Waals surface area contributed by atoms with Gasteiger partial charge in [-0.1, -0.05) is 65.5 Å². The standard InChI is InChI=1S/C16H36P.C8H6O4/c1-5-9-13-17(14-10-6-2,15-11-7-3)16-12-8-4;9-7(10)5-2-1-3-6(4-5)8(11)12/h5-16H2,1-4H3;1-4H,(H,9,10)(H,11,12)/q+1;/p-1. The predicted molar refractivity (Wildman–Crippen MR) is 124 cm³/mol. The third-order valence-electron chi connectivity index (χ3n) is 5.29. The van der Waals surface area contributed by atoms with Gasteiger partial charge in [-0.15, -0.1) is 0 Å². The molecular weight excluding hydrogens is 383 g/mol. The molecule has 1 rings (SSSR count). The highest BCUT2D eigenvalue weighted by Crippen LogP contribution is 2.61. The molecule has 4 nitrogen and oxygen atoms in total. The minimum atomic E-state index is -1.38. The molecule has 166 valence electrons. The van der Waals surface area contributed by atoms with E-state index in [1.54, 1.807) is 24.6 Å². The molecule has 1 N–H and O–H groups in total. The third-order valence-corrected chi connectivity index (χ3v) is 10.3. The molecule has 0 aliphatic heterocycles. The summed E-state index contributed by atoms with van der Waals surface area (Å²) < 4.78 is 0. The average Bonchev–Trinajstić information content (AvgIpc) is 2.73. The maximum atomic E-state index is 10.4. The first-order chi connectivity index (χ1) is 13.9. The Morgan fingerprint density at radius 3 is 1.48 bits per heavy atom. The molecule has 0 spiro atoms. The lowest BCUT2D eigenvalue weighted by molar-refractivity contribution is -0.255. The molecule has 0 aliphatic carbocycles. The molecule has 0 fully saturated rings. The number of carbonyl (C=O) groups excluding carboxylic acids is 1. The molecule has 0 aliphatic rings. The number of rotatable bonds is 14. The van der Waals surface area contributed by atoms with E-state index in [2.05, 4.69) is 27.7 Å². The number of aromatic carboxylic acids is 2. The van der Waals surface area contributed by atoms with Gasteiger partial charge in [-0.3, -0.25) is 0 Å². The van der Waals surface area contributed by atoms with Gasteiger partial charge in [0.15, 0.2) is 0 Å². The average molecular weight is 425 g/mol. The zero-order valence-electron chi connectivity index (χ0n) is 18.9. The van der Waals surface area contributed by atoms with E-state index in [-0.39, 0.29) is 11.1 Å². The first-order valence-corrected chi connectivity index (χ1v) is 13.8. The Kier molecular flexibility index (Phi) is 15.6. The number of unbranched alkanes of at least 4 members (excludes halogenated alkanes) is 4. The Hall–Kier alpha value is -1.41. The van der Waals surface area contributed by atoms with E-state index in [1.165, 1.54) is 69.6 Å². The van der Waals surface area contributed by atoms with Crippen molar-refractivity contribution in [2.75, 3.05) is 24.6 Å². The number of hydrogen-bond donors (Lipinski definition) is 1. The number of carboxylic acid groups (broad SMARTS) is 2. The van der Waals surface area contributed by atoms with Crippen molar-refractivity contribution in [1.29, 1.82) is 0 Å². The molecule has 0 atom stereocenters. The predicted octanol–water partition coefficient (Wildman–Crippen LogP) is 5.95. The van der Waals surface area contributed by atoms with E-state index >= 15 is 0 Å². The Bertz CT molecular complexity index is 519. The van der Waals surface area contributed by atoms with Gasteiger partial charge in [0, 0.05) is 7.26 Å². The number of hydrogen-bond acceptors (Lipinski definition) is 3. The molecule has 1 aromatic carbocycles. The molecule has 0 saturated carbocycles. The summed E-state index contributed by atoms with van der Waals surface area (Å²) in [5.74, 6) is -2.53. The van der Waals surface area contributed by atoms with Crippen LogP contribution in [0, 0.1) is 0 Å². The molecule has 29 heavy (non-hydrogen) atoms. The van der Waals surface area contributed by atoms with E-state index < -0.39 is 19.2 Å². The van der Waals surface area contributed by atoms with Crippen LogP contribution in [0.4, 0.5) is 0 Å². The van der Waals surface area contributed by atoms with Crippen LogP contribution in [-0.2, 0) is 0 Å². The zero-order valence-corrected chi connectivity index (χ0v) is 19.8. The summed E-state index contributed by atoms with van der Waals surface area (Å²) in [5.41, 5.74) is -0.188. The van der Waals surface area contributed by atoms with Gasteiger partial charge in [0.2, 0.25) is 0 Å². The minimum Gasteiger partial charge on any atom is -0.545 e. The van der Waals surface area contributed by atoms with Gasteiger partial charge in [-0.25, -0.2) is 4.79 Å². The highest BCUT2D eigenvalue weighted by Gasteiger charge is 2.34. The van der Waals surface area contributed by atoms with Crippen molar-refractivity contribution in [2.24, 2.45) is 0 Å². The Morgan fingerprint density at radius 2 is 1.17 bits per heavy atom. The summed E-state index contributed by atoms with van der Waals surface area (Å²) in [6, 6.07) is 5.00.